The molecule has 1 saturated carbocycles. The fraction of sp³-hybridized carbons (Fsp3) is 0.824. The van der Waals surface area contributed by atoms with E-state index in [9.17, 15) is 0 Å². The molecule has 2 N–H and O–H groups in total. The monoisotopic (exact) mass is 352 g/mol. The quantitative estimate of drug-likeness (QED) is 0.309. The highest BCUT2D eigenvalue weighted by atomic mass is 32.2. The van der Waals surface area contributed by atoms with Crippen molar-refractivity contribution >= 4 is 17.7 Å². The first-order chi connectivity index (χ1) is 11.5. The fourth-order valence-corrected chi connectivity index (χ4v) is 3.17. The van der Waals surface area contributed by atoms with Crippen LogP contribution in [-0.2, 0) is 13.0 Å². The lowest BCUT2D eigenvalue weighted by atomic mass is 10.2. The van der Waals surface area contributed by atoms with E-state index in [0.29, 0.717) is 12.0 Å². The summed E-state index contributed by atoms with van der Waals surface area (Å²) >= 11 is 1.66. The van der Waals surface area contributed by atoms with Gasteiger partial charge in [0, 0.05) is 32.1 Å². The van der Waals surface area contributed by atoms with Crippen molar-refractivity contribution in [1.82, 2.24) is 25.4 Å². The molecule has 2 atom stereocenters. The number of nitrogens with one attached hydrogen (secondary N) is 2. The first-order valence-electron chi connectivity index (χ1n) is 9.06. The van der Waals surface area contributed by atoms with Gasteiger partial charge >= 0.3 is 0 Å². The van der Waals surface area contributed by atoms with Crippen LogP contribution >= 0.6 is 11.8 Å². The molecule has 0 aliphatic heterocycles. The molecule has 1 aliphatic carbocycles. The van der Waals surface area contributed by atoms with E-state index in [-0.39, 0.29) is 0 Å². The van der Waals surface area contributed by atoms with E-state index < -0.39 is 0 Å². The number of nitrogens with zero attached hydrogens (tertiary/aromatic N) is 4. The van der Waals surface area contributed by atoms with E-state index in [1.807, 2.05) is 0 Å². The molecule has 1 aromatic rings. The Morgan fingerprint density at radius 1 is 1.42 bits per heavy atom. The van der Waals surface area contributed by atoms with E-state index in [0.717, 1.165) is 55.3 Å². The molecule has 7 heteroatoms. The molecule has 1 aromatic heterocycles. The lowest BCUT2D eigenvalue weighted by Crippen LogP contribution is -2.39. The molecule has 1 fully saturated rings. The molecule has 136 valence electrons. The highest BCUT2D eigenvalue weighted by Crippen LogP contribution is 2.28. The van der Waals surface area contributed by atoms with Crippen LogP contribution in [-0.4, -0.2) is 46.1 Å². The third kappa shape index (κ3) is 5.69. The lowest BCUT2D eigenvalue weighted by Gasteiger charge is -2.12. The van der Waals surface area contributed by atoms with Crippen LogP contribution in [0.3, 0.4) is 0 Å². The predicted octanol–water partition coefficient (Wildman–Crippen LogP) is 2.55. The lowest BCUT2D eigenvalue weighted by molar-refractivity contribution is 0.477. The Bertz CT molecular complexity index is 539. The van der Waals surface area contributed by atoms with E-state index in [1.54, 1.807) is 11.8 Å². The van der Waals surface area contributed by atoms with Crippen LogP contribution in [0, 0.1) is 11.8 Å². The van der Waals surface area contributed by atoms with Crippen LogP contribution < -0.4 is 10.6 Å². The number of aliphatic imine (C=N–C) groups is 1. The number of rotatable bonds is 9. The molecule has 24 heavy (non-hydrogen) atoms. The molecule has 0 spiro atoms. The molecule has 0 amide bonds. The average Bonchev–Trinajstić information content (AvgIpc) is 3.09. The molecule has 1 aliphatic rings. The van der Waals surface area contributed by atoms with Crippen molar-refractivity contribution in [3.63, 3.8) is 0 Å². The Morgan fingerprint density at radius 3 is 2.75 bits per heavy atom. The summed E-state index contributed by atoms with van der Waals surface area (Å²) in [6.45, 7) is 11.5. The number of hydrogen-bond donors (Lipinski definition) is 2. The number of guanidine groups is 1. The van der Waals surface area contributed by atoms with Gasteiger partial charge in [0.05, 0.1) is 0 Å². The van der Waals surface area contributed by atoms with Crippen molar-refractivity contribution in [1.29, 1.82) is 0 Å². The Morgan fingerprint density at radius 2 is 2.17 bits per heavy atom. The Hall–Kier alpha value is -1.24. The molecular formula is C17H32N6S. The molecular weight excluding hydrogens is 320 g/mol. The largest absolute Gasteiger partial charge is 0.357 e. The molecule has 0 radical (unpaired) electrons. The minimum Gasteiger partial charge on any atom is -0.357 e. The van der Waals surface area contributed by atoms with Gasteiger partial charge in [0.25, 0.3) is 0 Å². The van der Waals surface area contributed by atoms with E-state index >= 15 is 0 Å². The van der Waals surface area contributed by atoms with Gasteiger partial charge in [-0.25, -0.2) is 0 Å². The summed E-state index contributed by atoms with van der Waals surface area (Å²) in [5, 5.41) is 16.5. The first-order valence-corrected chi connectivity index (χ1v) is 10.3. The predicted molar refractivity (Wildman–Crippen MR) is 102 cm³/mol. The summed E-state index contributed by atoms with van der Waals surface area (Å²) < 4.78 is 2.26. The molecule has 2 rings (SSSR count). The van der Waals surface area contributed by atoms with Gasteiger partial charge in [-0.05, 0) is 37.9 Å². The van der Waals surface area contributed by atoms with Crippen LogP contribution in [0.25, 0.3) is 0 Å². The van der Waals surface area contributed by atoms with Gasteiger partial charge in [-0.2, -0.15) is 0 Å². The highest BCUT2D eigenvalue weighted by molar-refractivity contribution is 7.98. The second-order valence-corrected chi connectivity index (χ2v) is 7.71. The van der Waals surface area contributed by atoms with Gasteiger partial charge in [-0.1, -0.05) is 32.5 Å². The second-order valence-electron chi connectivity index (χ2n) is 6.94. The smallest absolute Gasteiger partial charge is 0.191 e. The van der Waals surface area contributed by atoms with Gasteiger partial charge in [0.2, 0.25) is 0 Å². The van der Waals surface area contributed by atoms with Crippen molar-refractivity contribution < 1.29 is 0 Å². The zero-order chi connectivity index (χ0) is 17.5. The van der Waals surface area contributed by atoms with Crippen LogP contribution in [0.2, 0.25) is 0 Å². The maximum Gasteiger partial charge on any atom is 0.191 e. The normalized spacial score (nSPS) is 20.5. The number of thioether (sulfide) groups is 1. The summed E-state index contributed by atoms with van der Waals surface area (Å²) in [6, 6.07) is 0.598. The van der Waals surface area contributed by atoms with Crippen LogP contribution in [0.1, 0.15) is 46.4 Å². The summed E-state index contributed by atoms with van der Waals surface area (Å²) in [4.78, 5) is 4.69. The maximum absolute atomic E-state index is 4.69. The zero-order valence-electron chi connectivity index (χ0n) is 15.7. The maximum atomic E-state index is 4.69. The minimum atomic E-state index is 0.591. The van der Waals surface area contributed by atoms with E-state index in [4.69, 9.17) is 4.99 Å². The van der Waals surface area contributed by atoms with Gasteiger partial charge in [0.1, 0.15) is 5.82 Å². The van der Waals surface area contributed by atoms with Crippen LogP contribution in [0.4, 0.5) is 0 Å². The number of hydrogen-bond acceptors (Lipinski definition) is 4. The van der Waals surface area contributed by atoms with Crippen molar-refractivity contribution in [2.24, 2.45) is 16.8 Å². The molecule has 6 nitrogen and oxygen atoms in total. The van der Waals surface area contributed by atoms with Gasteiger partial charge < -0.3 is 15.2 Å². The number of aryl methyl sites for hydroxylation is 1. The summed E-state index contributed by atoms with van der Waals surface area (Å²) in [7, 11) is 0. The van der Waals surface area contributed by atoms with E-state index in [2.05, 4.69) is 59.3 Å². The molecule has 1 heterocycles. The SMILES string of the molecule is CCNC(=NCCCc1nnc(SC)n1CC(C)C)NC1CC1C. The van der Waals surface area contributed by atoms with Gasteiger partial charge in [-0.3, -0.25) is 4.99 Å². The molecule has 2 unspecified atom stereocenters. The zero-order valence-corrected chi connectivity index (χ0v) is 16.5. The van der Waals surface area contributed by atoms with Crippen molar-refractivity contribution in [3.8, 4) is 0 Å². The van der Waals surface area contributed by atoms with Crippen LogP contribution in [0.5, 0.6) is 0 Å². The molecule has 0 bridgehead atoms. The fourth-order valence-electron chi connectivity index (χ4n) is 2.65. The topological polar surface area (TPSA) is 67.1 Å². The number of aromatic nitrogens is 3. The van der Waals surface area contributed by atoms with Crippen LogP contribution in [0.15, 0.2) is 10.1 Å². The third-order valence-electron chi connectivity index (χ3n) is 4.13. The Balaban J connectivity index is 1.86. The summed E-state index contributed by atoms with van der Waals surface area (Å²) in [6.07, 6.45) is 5.22. The van der Waals surface area contributed by atoms with Crippen molar-refractivity contribution in [2.45, 2.75) is 64.7 Å². The average molecular weight is 353 g/mol. The summed E-state index contributed by atoms with van der Waals surface area (Å²) in [5.74, 6) is 3.39. The van der Waals surface area contributed by atoms with Gasteiger partial charge in [0.15, 0.2) is 11.1 Å². The van der Waals surface area contributed by atoms with Crippen molar-refractivity contribution in [3.05, 3.63) is 5.82 Å². The Kier molecular flexibility index (Phi) is 7.40. The van der Waals surface area contributed by atoms with Gasteiger partial charge in [-0.15, -0.1) is 10.2 Å². The summed E-state index contributed by atoms with van der Waals surface area (Å²) in [5.41, 5.74) is 0. The molecule has 0 aromatic carbocycles. The van der Waals surface area contributed by atoms with Crippen molar-refractivity contribution in [2.75, 3.05) is 19.3 Å². The molecule has 0 saturated heterocycles. The Labute approximate surface area is 150 Å². The highest BCUT2D eigenvalue weighted by Gasteiger charge is 2.33. The first kappa shape index (κ1) is 19.1. The standard InChI is InChI=1S/C17H32N6S/c1-6-18-16(20-14-10-13(14)4)19-9-7-8-15-21-22-17(24-5)23(15)11-12(2)3/h12-14H,6-11H2,1-5H3,(H2,18,19,20). The third-order valence-corrected chi connectivity index (χ3v) is 4.80. The second kappa shape index (κ2) is 9.30. The van der Waals surface area contributed by atoms with E-state index in [1.165, 1.54) is 6.42 Å². The minimum absolute atomic E-state index is 0.591.